The van der Waals surface area contributed by atoms with Crippen molar-refractivity contribution in [2.24, 2.45) is 17.9 Å². The lowest BCUT2D eigenvalue weighted by Crippen LogP contribution is -2.17. The third-order valence-corrected chi connectivity index (χ3v) is 2.89. The van der Waals surface area contributed by atoms with E-state index in [0.29, 0.717) is 17.7 Å². The van der Waals surface area contributed by atoms with E-state index < -0.39 is 0 Å². The quantitative estimate of drug-likeness (QED) is 0.331. The number of amidine groups is 1. The van der Waals surface area contributed by atoms with Crippen molar-refractivity contribution in [3.63, 3.8) is 0 Å². The summed E-state index contributed by atoms with van der Waals surface area (Å²) in [6, 6.07) is 3.06. The van der Waals surface area contributed by atoms with E-state index in [1.807, 2.05) is 6.92 Å². The number of oxime groups is 1. The molecule has 2 heterocycles. The predicted octanol–water partition coefficient (Wildman–Crippen LogP) is 0.724. The van der Waals surface area contributed by atoms with E-state index in [0.717, 1.165) is 5.69 Å². The maximum atomic E-state index is 12.1. The van der Waals surface area contributed by atoms with Crippen LogP contribution in [0.2, 0.25) is 0 Å². The molecule has 0 saturated carbocycles. The number of aromatic nitrogens is 3. The largest absolute Gasteiger partial charge is 0.409 e. The van der Waals surface area contributed by atoms with Crippen LogP contribution in [0, 0.1) is 0 Å². The molecular formula is C13H16N6O2. The molecule has 0 aliphatic rings. The van der Waals surface area contributed by atoms with Gasteiger partial charge in [-0.15, -0.1) is 0 Å². The van der Waals surface area contributed by atoms with Crippen molar-refractivity contribution < 1.29 is 10.0 Å². The zero-order valence-electron chi connectivity index (χ0n) is 11.7. The highest BCUT2D eigenvalue weighted by molar-refractivity contribution is 6.04. The summed E-state index contributed by atoms with van der Waals surface area (Å²) in [5, 5.41) is 18.4. The first-order valence-electron chi connectivity index (χ1n) is 6.33. The molecule has 0 atom stereocenters. The van der Waals surface area contributed by atoms with Gasteiger partial charge in [-0.3, -0.25) is 14.5 Å². The van der Waals surface area contributed by atoms with Gasteiger partial charge in [-0.25, -0.2) is 0 Å². The Hall–Kier alpha value is -2.90. The molecule has 4 N–H and O–H groups in total. The number of aryl methyl sites for hydroxylation is 2. The molecule has 21 heavy (non-hydrogen) atoms. The van der Waals surface area contributed by atoms with E-state index >= 15 is 0 Å². The Balaban J connectivity index is 2.17. The molecule has 8 heteroatoms. The number of amides is 1. The minimum absolute atomic E-state index is 0.0602. The number of nitrogens with zero attached hydrogens (tertiary/aromatic N) is 4. The van der Waals surface area contributed by atoms with Crippen LogP contribution in [0.25, 0.3) is 0 Å². The fourth-order valence-corrected chi connectivity index (χ4v) is 1.82. The number of carbonyl (C=O) groups excluding carboxylic acids is 1. The summed E-state index contributed by atoms with van der Waals surface area (Å²) < 4.78 is 1.64. The summed E-state index contributed by atoms with van der Waals surface area (Å²) in [5.74, 6) is -0.404. The second kappa shape index (κ2) is 6.04. The van der Waals surface area contributed by atoms with Crippen LogP contribution >= 0.6 is 0 Å². The summed E-state index contributed by atoms with van der Waals surface area (Å²) >= 11 is 0. The summed E-state index contributed by atoms with van der Waals surface area (Å²) in [6.07, 6.45) is 3.82. The first-order chi connectivity index (χ1) is 10.0. The van der Waals surface area contributed by atoms with Gasteiger partial charge >= 0.3 is 0 Å². The number of hydrogen-bond donors (Lipinski definition) is 3. The molecule has 1 amide bonds. The lowest BCUT2D eigenvalue weighted by atomic mass is 10.2. The van der Waals surface area contributed by atoms with E-state index in [2.05, 4.69) is 20.6 Å². The second-order valence-electron chi connectivity index (χ2n) is 4.39. The molecule has 0 bridgehead atoms. The van der Waals surface area contributed by atoms with Crippen molar-refractivity contribution in [2.75, 3.05) is 5.32 Å². The van der Waals surface area contributed by atoms with E-state index in [1.165, 1.54) is 12.3 Å². The van der Waals surface area contributed by atoms with Gasteiger partial charge in [-0.05, 0) is 18.6 Å². The molecular weight excluding hydrogens is 272 g/mol. The van der Waals surface area contributed by atoms with E-state index in [1.54, 1.807) is 24.0 Å². The van der Waals surface area contributed by atoms with Crippen LogP contribution in [0.15, 0.2) is 29.7 Å². The number of nitrogens with two attached hydrogens (primary N) is 1. The first-order valence-corrected chi connectivity index (χ1v) is 6.33. The topological polar surface area (TPSA) is 118 Å². The third-order valence-electron chi connectivity index (χ3n) is 2.89. The lowest BCUT2D eigenvalue weighted by molar-refractivity contribution is 0.102. The minimum Gasteiger partial charge on any atom is -0.409 e. The van der Waals surface area contributed by atoms with Gasteiger partial charge in [0, 0.05) is 25.0 Å². The van der Waals surface area contributed by atoms with Gasteiger partial charge in [0.25, 0.3) is 5.91 Å². The predicted molar refractivity (Wildman–Crippen MR) is 77.3 cm³/mol. The number of anilines is 1. The normalized spacial score (nSPS) is 11.4. The van der Waals surface area contributed by atoms with Gasteiger partial charge in [0.2, 0.25) is 0 Å². The Bertz CT molecular complexity index is 674. The highest BCUT2D eigenvalue weighted by Gasteiger charge is 2.12. The van der Waals surface area contributed by atoms with Gasteiger partial charge in [-0.2, -0.15) is 5.10 Å². The van der Waals surface area contributed by atoms with Crippen molar-refractivity contribution in [1.29, 1.82) is 0 Å². The second-order valence-corrected chi connectivity index (χ2v) is 4.39. The monoisotopic (exact) mass is 288 g/mol. The molecule has 0 fully saturated rings. The lowest BCUT2D eigenvalue weighted by Gasteiger charge is -2.04. The summed E-state index contributed by atoms with van der Waals surface area (Å²) in [5.41, 5.74) is 7.56. The smallest absolute Gasteiger partial charge is 0.274 e. The number of hydrogen-bond acceptors (Lipinski definition) is 5. The average Bonchev–Trinajstić information content (AvgIpc) is 2.86. The van der Waals surface area contributed by atoms with Crippen LogP contribution in [-0.2, 0) is 13.5 Å². The summed E-state index contributed by atoms with van der Waals surface area (Å²) in [4.78, 5) is 16.1. The maximum absolute atomic E-state index is 12.1. The number of nitrogens with one attached hydrogen (secondary N) is 1. The van der Waals surface area contributed by atoms with E-state index in [4.69, 9.17) is 10.9 Å². The Kier molecular flexibility index (Phi) is 4.17. The van der Waals surface area contributed by atoms with Gasteiger partial charge < -0.3 is 16.3 Å². The van der Waals surface area contributed by atoms with Crippen LogP contribution in [0.5, 0.6) is 0 Å². The Morgan fingerprint density at radius 2 is 2.29 bits per heavy atom. The molecule has 0 saturated heterocycles. The SMILES string of the molecule is CCc1nn(C)cc1NC(=O)c1ccc(/C(N)=N/O)cn1. The van der Waals surface area contributed by atoms with Crippen LogP contribution in [0.4, 0.5) is 5.69 Å². The summed E-state index contributed by atoms with van der Waals surface area (Å²) in [6.45, 7) is 1.96. The molecule has 2 aromatic heterocycles. The molecule has 0 aliphatic carbocycles. The highest BCUT2D eigenvalue weighted by atomic mass is 16.4. The zero-order valence-corrected chi connectivity index (χ0v) is 11.7. The zero-order chi connectivity index (χ0) is 15.4. The molecule has 2 aromatic rings. The minimum atomic E-state index is -0.344. The fourth-order valence-electron chi connectivity index (χ4n) is 1.82. The van der Waals surface area contributed by atoms with Crippen LogP contribution in [0.1, 0.15) is 28.7 Å². The van der Waals surface area contributed by atoms with E-state index in [9.17, 15) is 4.79 Å². The molecule has 0 radical (unpaired) electrons. The van der Waals surface area contributed by atoms with Gasteiger partial charge in [0.15, 0.2) is 5.84 Å². The number of pyridine rings is 1. The maximum Gasteiger partial charge on any atom is 0.274 e. The van der Waals surface area contributed by atoms with Gasteiger partial charge in [0.1, 0.15) is 5.69 Å². The van der Waals surface area contributed by atoms with Crippen LogP contribution in [-0.4, -0.2) is 31.7 Å². The third kappa shape index (κ3) is 3.16. The Morgan fingerprint density at radius 3 is 2.86 bits per heavy atom. The average molecular weight is 288 g/mol. The Morgan fingerprint density at radius 1 is 1.52 bits per heavy atom. The van der Waals surface area contributed by atoms with Crippen molar-refractivity contribution in [3.05, 3.63) is 41.5 Å². The van der Waals surface area contributed by atoms with Crippen molar-refractivity contribution >= 4 is 17.4 Å². The molecule has 0 spiro atoms. The first kappa shape index (κ1) is 14.5. The van der Waals surface area contributed by atoms with Crippen molar-refractivity contribution in [2.45, 2.75) is 13.3 Å². The molecule has 0 aromatic carbocycles. The highest BCUT2D eigenvalue weighted by Crippen LogP contribution is 2.14. The number of carbonyl (C=O) groups is 1. The fraction of sp³-hybridized carbons (Fsp3) is 0.231. The molecule has 0 unspecified atom stereocenters. The Labute approximate surface area is 121 Å². The van der Waals surface area contributed by atoms with Gasteiger partial charge in [-0.1, -0.05) is 12.1 Å². The summed E-state index contributed by atoms with van der Waals surface area (Å²) in [7, 11) is 1.79. The van der Waals surface area contributed by atoms with Crippen molar-refractivity contribution in [1.82, 2.24) is 14.8 Å². The number of rotatable bonds is 4. The molecule has 0 aliphatic heterocycles. The standard InChI is InChI=1S/C13H16N6O2/c1-3-9-11(7-19(2)17-9)16-13(20)10-5-4-8(6-15-10)12(14)18-21/h4-7,21H,3H2,1-2H3,(H2,14,18)(H,16,20). The van der Waals surface area contributed by atoms with Crippen LogP contribution < -0.4 is 11.1 Å². The van der Waals surface area contributed by atoms with Crippen LogP contribution in [0.3, 0.4) is 0 Å². The van der Waals surface area contributed by atoms with E-state index in [-0.39, 0.29) is 17.4 Å². The molecule has 110 valence electrons. The molecule has 8 nitrogen and oxygen atoms in total. The molecule has 2 rings (SSSR count). The van der Waals surface area contributed by atoms with Crippen molar-refractivity contribution in [3.8, 4) is 0 Å². The van der Waals surface area contributed by atoms with Gasteiger partial charge in [0.05, 0.1) is 11.4 Å².